The third kappa shape index (κ3) is 3.68. The third-order valence-electron chi connectivity index (χ3n) is 5.40. The van der Waals surface area contributed by atoms with E-state index < -0.39 is 15.8 Å². The Morgan fingerprint density at radius 2 is 1.70 bits per heavy atom. The zero-order valence-electron chi connectivity index (χ0n) is 17.0. The molecule has 0 bridgehead atoms. The fourth-order valence-electron chi connectivity index (χ4n) is 3.45. The highest BCUT2D eigenvalue weighted by Crippen LogP contribution is 2.31. The summed E-state index contributed by atoms with van der Waals surface area (Å²) >= 11 is 0. The van der Waals surface area contributed by atoms with Gasteiger partial charge in [0.05, 0.1) is 22.4 Å². The number of aromatic nitrogens is 2. The monoisotopic (exact) mass is 423 g/mol. The number of sulfonamides is 1. The molecule has 1 heterocycles. The summed E-state index contributed by atoms with van der Waals surface area (Å²) in [6.07, 6.45) is 1.73. The van der Waals surface area contributed by atoms with E-state index in [-0.39, 0.29) is 4.90 Å². The Kier molecular flexibility index (Phi) is 5.07. The summed E-state index contributed by atoms with van der Waals surface area (Å²) in [5.74, 6) is -0.488. The molecule has 0 fully saturated rings. The molecule has 4 rings (SSSR count). The number of fused-ring (bicyclic) bond motifs is 1. The molecule has 1 aromatic heterocycles. The SMILES string of the molecule is Cc1ccccc1Cn1cnc2c(NS(=O)(=O)c3ccc(F)cc3)c(C)c(C)cc21. The van der Waals surface area contributed by atoms with Crippen molar-refractivity contribution >= 4 is 26.7 Å². The van der Waals surface area contributed by atoms with Gasteiger partial charge in [0.1, 0.15) is 11.3 Å². The first-order valence-corrected chi connectivity index (χ1v) is 11.0. The van der Waals surface area contributed by atoms with Gasteiger partial charge in [-0.3, -0.25) is 4.72 Å². The zero-order chi connectivity index (χ0) is 21.5. The van der Waals surface area contributed by atoms with E-state index in [0.717, 1.165) is 28.8 Å². The molecule has 154 valence electrons. The summed E-state index contributed by atoms with van der Waals surface area (Å²) < 4.78 is 43.7. The second kappa shape index (κ2) is 7.57. The van der Waals surface area contributed by atoms with Gasteiger partial charge in [0.25, 0.3) is 10.0 Å². The van der Waals surface area contributed by atoms with Crippen LogP contribution < -0.4 is 4.72 Å². The molecule has 3 aromatic carbocycles. The van der Waals surface area contributed by atoms with E-state index in [1.165, 1.54) is 23.3 Å². The molecule has 0 aliphatic rings. The Morgan fingerprint density at radius 1 is 1.00 bits per heavy atom. The molecular formula is C23H22FN3O2S. The van der Waals surface area contributed by atoms with Crippen LogP contribution in [0.3, 0.4) is 0 Å². The lowest BCUT2D eigenvalue weighted by molar-refractivity contribution is 0.599. The van der Waals surface area contributed by atoms with Crippen molar-refractivity contribution in [3.63, 3.8) is 0 Å². The lowest BCUT2D eigenvalue weighted by Crippen LogP contribution is -2.14. The van der Waals surface area contributed by atoms with E-state index in [4.69, 9.17) is 0 Å². The quantitative estimate of drug-likeness (QED) is 0.494. The summed E-state index contributed by atoms with van der Waals surface area (Å²) in [6, 6.07) is 14.9. The van der Waals surface area contributed by atoms with E-state index in [0.29, 0.717) is 17.7 Å². The molecule has 0 unspecified atom stereocenters. The van der Waals surface area contributed by atoms with E-state index in [9.17, 15) is 12.8 Å². The van der Waals surface area contributed by atoms with Crippen LogP contribution in [0.4, 0.5) is 10.1 Å². The van der Waals surface area contributed by atoms with Crippen molar-refractivity contribution in [1.82, 2.24) is 9.55 Å². The highest BCUT2D eigenvalue weighted by molar-refractivity contribution is 7.92. The van der Waals surface area contributed by atoms with Crippen molar-refractivity contribution in [2.75, 3.05) is 4.72 Å². The Morgan fingerprint density at radius 3 is 2.40 bits per heavy atom. The normalized spacial score (nSPS) is 11.7. The molecule has 0 saturated heterocycles. The second-order valence-corrected chi connectivity index (χ2v) is 9.10. The van der Waals surface area contributed by atoms with Gasteiger partial charge >= 0.3 is 0 Å². The van der Waals surface area contributed by atoms with Crippen molar-refractivity contribution in [3.05, 3.63) is 89.0 Å². The number of halogens is 1. The van der Waals surface area contributed by atoms with E-state index in [1.807, 2.05) is 36.6 Å². The summed E-state index contributed by atoms with van der Waals surface area (Å²) in [5.41, 5.74) is 5.97. The number of aryl methyl sites for hydroxylation is 2. The highest BCUT2D eigenvalue weighted by Gasteiger charge is 2.20. The van der Waals surface area contributed by atoms with Crippen molar-refractivity contribution in [3.8, 4) is 0 Å². The molecule has 0 radical (unpaired) electrons. The van der Waals surface area contributed by atoms with Crippen LogP contribution in [-0.2, 0) is 16.6 Å². The van der Waals surface area contributed by atoms with E-state index in [2.05, 4.69) is 28.8 Å². The Labute approximate surface area is 175 Å². The number of hydrogen-bond acceptors (Lipinski definition) is 3. The molecule has 4 aromatic rings. The number of hydrogen-bond donors (Lipinski definition) is 1. The van der Waals surface area contributed by atoms with Gasteiger partial charge in [-0.15, -0.1) is 0 Å². The van der Waals surface area contributed by atoms with Gasteiger partial charge in [0.15, 0.2) is 0 Å². The summed E-state index contributed by atoms with van der Waals surface area (Å²) in [6.45, 7) is 6.50. The molecule has 0 aliphatic carbocycles. The lowest BCUT2D eigenvalue weighted by Gasteiger charge is -2.14. The topological polar surface area (TPSA) is 64.0 Å². The number of benzene rings is 3. The summed E-state index contributed by atoms with van der Waals surface area (Å²) in [5, 5.41) is 0. The predicted molar refractivity (Wildman–Crippen MR) is 117 cm³/mol. The molecule has 30 heavy (non-hydrogen) atoms. The predicted octanol–water partition coefficient (Wildman–Crippen LogP) is 4.95. The molecule has 0 spiro atoms. The summed E-state index contributed by atoms with van der Waals surface area (Å²) in [7, 11) is -3.88. The van der Waals surface area contributed by atoms with E-state index in [1.54, 1.807) is 6.33 Å². The van der Waals surface area contributed by atoms with Crippen LogP contribution >= 0.6 is 0 Å². The van der Waals surface area contributed by atoms with Crippen molar-refractivity contribution < 1.29 is 12.8 Å². The molecular weight excluding hydrogens is 401 g/mol. The Balaban J connectivity index is 1.79. The van der Waals surface area contributed by atoms with Crippen LogP contribution in [0.5, 0.6) is 0 Å². The van der Waals surface area contributed by atoms with Gasteiger partial charge in [0, 0.05) is 6.54 Å². The minimum atomic E-state index is -3.88. The van der Waals surface area contributed by atoms with Crippen molar-refractivity contribution in [2.45, 2.75) is 32.2 Å². The molecule has 0 aliphatic heterocycles. The largest absolute Gasteiger partial charge is 0.326 e. The maximum atomic E-state index is 13.2. The molecule has 1 N–H and O–H groups in total. The van der Waals surface area contributed by atoms with Gasteiger partial charge in [-0.1, -0.05) is 24.3 Å². The van der Waals surface area contributed by atoms with Gasteiger partial charge in [0.2, 0.25) is 0 Å². The molecule has 7 heteroatoms. The Hall–Kier alpha value is -3.19. The molecule has 0 saturated carbocycles. The number of imidazole rings is 1. The number of anilines is 1. The number of nitrogens with zero attached hydrogens (tertiary/aromatic N) is 2. The maximum Gasteiger partial charge on any atom is 0.261 e. The van der Waals surface area contributed by atoms with Gasteiger partial charge < -0.3 is 4.57 Å². The van der Waals surface area contributed by atoms with Crippen LogP contribution in [0, 0.1) is 26.6 Å². The zero-order valence-corrected chi connectivity index (χ0v) is 17.8. The smallest absolute Gasteiger partial charge is 0.261 e. The van der Waals surface area contributed by atoms with Crippen LogP contribution in [0.1, 0.15) is 22.3 Å². The van der Waals surface area contributed by atoms with Crippen LogP contribution in [0.15, 0.2) is 65.8 Å². The first-order valence-electron chi connectivity index (χ1n) is 9.54. The minimum Gasteiger partial charge on any atom is -0.326 e. The van der Waals surface area contributed by atoms with Crippen molar-refractivity contribution in [1.29, 1.82) is 0 Å². The lowest BCUT2D eigenvalue weighted by atomic mass is 10.1. The first kappa shape index (κ1) is 20.1. The minimum absolute atomic E-state index is 0.00250. The Bertz CT molecular complexity index is 1340. The molecule has 0 atom stereocenters. The molecule has 5 nitrogen and oxygen atoms in total. The second-order valence-electron chi connectivity index (χ2n) is 7.42. The average Bonchev–Trinajstić information content (AvgIpc) is 3.10. The average molecular weight is 424 g/mol. The maximum absolute atomic E-state index is 13.2. The van der Waals surface area contributed by atoms with Gasteiger partial charge in [-0.25, -0.2) is 17.8 Å². The van der Waals surface area contributed by atoms with Gasteiger partial charge in [-0.2, -0.15) is 0 Å². The van der Waals surface area contributed by atoms with Crippen LogP contribution in [0.2, 0.25) is 0 Å². The summed E-state index contributed by atoms with van der Waals surface area (Å²) in [4.78, 5) is 4.51. The standard InChI is InChI=1S/C23H22FN3O2S/c1-15-6-4-5-7-18(15)13-27-14-25-23-21(27)12-16(2)17(3)22(23)26-30(28,29)20-10-8-19(24)9-11-20/h4-12,14,26H,13H2,1-3H3. The highest BCUT2D eigenvalue weighted by atomic mass is 32.2. The van der Waals surface area contributed by atoms with Gasteiger partial charge in [-0.05, 0) is 73.4 Å². The van der Waals surface area contributed by atoms with E-state index >= 15 is 0 Å². The fraction of sp³-hybridized carbons (Fsp3) is 0.174. The fourth-order valence-corrected chi connectivity index (χ4v) is 4.58. The number of rotatable bonds is 5. The third-order valence-corrected chi connectivity index (χ3v) is 6.76. The molecule has 0 amide bonds. The number of nitrogens with one attached hydrogen (secondary N) is 1. The van der Waals surface area contributed by atoms with Crippen LogP contribution in [0.25, 0.3) is 11.0 Å². The first-order chi connectivity index (χ1) is 14.3. The van der Waals surface area contributed by atoms with Crippen molar-refractivity contribution in [2.24, 2.45) is 0 Å². The van der Waals surface area contributed by atoms with Crippen LogP contribution in [-0.4, -0.2) is 18.0 Å².